The summed E-state index contributed by atoms with van der Waals surface area (Å²) in [7, 11) is 0. The molecule has 1 atom stereocenters. The Balaban J connectivity index is 1.49. The first-order valence-electron chi connectivity index (χ1n) is 8.89. The Bertz CT molecular complexity index is 629. The van der Waals surface area contributed by atoms with Gasteiger partial charge in [0.15, 0.2) is 11.5 Å². The van der Waals surface area contributed by atoms with Gasteiger partial charge >= 0.3 is 6.03 Å². The normalized spacial score (nSPS) is 18.1. The van der Waals surface area contributed by atoms with E-state index in [1.54, 1.807) is 19.1 Å². The van der Waals surface area contributed by atoms with Crippen LogP contribution in [0.25, 0.3) is 0 Å². The minimum absolute atomic E-state index is 0.169. The van der Waals surface area contributed by atoms with Crippen LogP contribution in [0.2, 0.25) is 0 Å². The van der Waals surface area contributed by atoms with E-state index in [1.165, 1.54) is 6.42 Å². The van der Waals surface area contributed by atoms with Crippen molar-refractivity contribution in [2.45, 2.75) is 51.1 Å². The highest BCUT2D eigenvalue weighted by molar-refractivity contribution is 5.98. The molecule has 1 aromatic carbocycles. The Morgan fingerprint density at radius 1 is 1.08 bits per heavy atom. The van der Waals surface area contributed by atoms with Crippen molar-refractivity contribution >= 4 is 17.6 Å². The zero-order valence-electron chi connectivity index (χ0n) is 14.5. The molecule has 3 amide bonds. The van der Waals surface area contributed by atoms with E-state index in [4.69, 9.17) is 9.47 Å². The molecular weight excluding hydrogens is 322 g/mol. The molecule has 7 nitrogen and oxygen atoms in total. The molecule has 136 valence electrons. The maximum atomic E-state index is 12.2. The maximum absolute atomic E-state index is 12.2. The minimum Gasteiger partial charge on any atom is -0.486 e. The molecule has 1 saturated carbocycles. The van der Waals surface area contributed by atoms with Crippen molar-refractivity contribution in [3.63, 3.8) is 0 Å². The zero-order valence-corrected chi connectivity index (χ0v) is 14.5. The molecule has 1 aliphatic heterocycles. The fourth-order valence-electron chi connectivity index (χ4n) is 3.14. The lowest BCUT2D eigenvalue weighted by atomic mass is 9.96. The van der Waals surface area contributed by atoms with Gasteiger partial charge in [0.2, 0.25) is 5.91 Å². The van der Waals surface area contributed by atoms with Crippen LogP contribution in [0.5, 0.6) is 11.5 Å². The number of amides is 3. The molecule has 0 spiro atoms. The Morgan fingerprint density at radius 3 is 2.56 bits per heavy atom. The molecule has 25 heavy (non-hydrogen) atoms. The van der Waals surface area contributed by atoms with Crippen molar-refractivity contribution in [2.24, 2.45) is 0 Å². The predicted molar refractivity (Wildman–Crippen MR) is 94.1 cm³/mol. The van der Waals surface area contributed by atoms with Gasteiger partial charge in [-0.25, -0.2) is 4.79 Å². The summed E-state index contributed by atoms with van der Waals surface area (Å²) in [5.41, 5.74) is 0.736. The minimum atomic E-state index is -0.556. The Hall–Kier alpha value is -2.44. The van der Waals surface area contributed by atoms with Crippen LogP contribution in [-0.2, 0) is 4.79 Å². The Labute approximate surface area is 147 Å². The van der Waals surface area contributed by atoms with Gasteiger partial charge in [-0.2, -0.15) is 0 Å². The first-order valence-corrected chi connectivity index (χ1v) is 8.89. The monoisotopic (exact) mass is 347 g/mol. The van der Waals surface area contributed by atoms with Gasteiger partial charge in [0.05, 0.1) is 0 Å². The number of nitrogens with one attached hydrogen (secondary N) is 3. The summed E-state index contributed by atoms with van der Waals surface area (Å²) in [6.07, 6.45) is 5.43. The van der Waals surface area contributed by atoms with Crippen molar-refractivity contribution in [1.29, 1.82) is 0 Å². The molecule has 0 bridgehead atoms. The van der Waals surface area contributed by atoms with Crippen LogP contribution in [0, 0.1) is 0 Å². The molecule has 3 N–H and O–H groups in total. The molecular formula is C18H25N3O4. The summed E-state index contributed by atoms with van der Waals surface area (Å²) >= 11 is 0. The van der Waals surface area contributed by atoms with Gasteiger partial charge in [-0.05, 0) is 31.9 Å². The van der Waals surface area contributed by atoms with E-state index in [1.807, 2.05) is 6.07 Å². The van der Waals surface area contributed by atoms with E-state index in [0.29, 0.717) is 24.7 Å². The number of anilines is 1. The number of fused-ring (bicyclic) bond motifs is 1. The molecule has 1 aromatic rings. The number of imide groups is 1. The van der Waals surface area contributed by atoms with Gasteiger partial charge < -0.3 is 20.1 Å². The smallest absolute Gasteiger partial charge is 0.321 e. The third kappa shape index (κ3) is 4.78. The third-order valence-electron chi connectivity index (χ3n) is 4.50. The van der Waals surface area contributed by atoms with Crippen LogP contribution in [-0.4, -0.2) is 37.2 Å². The first kappa shape index (κ1) is 17.4. The van der Waals surface area contributed by atoms with Gasteiger partial charge in [0.1, 0.15) is 19.3 Å². The highest BCUT2D eigenvalue weighted by Crippen LogP contribution is 2.32. The number of benzene rings is 1. The number of hydrogen-bond acceptors (Lipinski definition) is 5. The number of ether oxygens (including phenoxy) is 2. The van der Waals surface area contributed by atoms with E-state index in [0.717, 1.165) is 31.4 Å². The van der Waals surface area contributed by atoms with Crippen LogP contribution in [0.4, 0.5) is 10.5 Å². The number of hydrogen-bond donors (Lipinski definition) is 3. The predicted octanol–water partition coefficient (Wildman–Crippen LogP) is 2.42. The first-order chi connectivity index (χ1) is 12.1. The van der Waals surface area contributed by atoms with E-state index in [-0.39, 0.29) is 11.9 Å². The van der Waals surface area contributed by atoms with Gasteiger partial charge in [-0.3, -0.25) is 10.1 Å². The highest BCUT2D eigenvalue weighted by Gasteiger charge is 2.20. The Kier molecular flexibility index (Phi) is 5.63. The lowest BCUT2D eigenvalue weighted by Gasteiger charge is -2.23. The molecule has 1 heterocycles. The van der Waals surface area contributed by atoms with Gasteiger partial charge in [-0.1, -0.05) is 19.3 Å². The second-order valence-corrected chi connectivity index (χ2v) is 6.52. The molecule has 0 saturated heterocycles. The molecule has 0 radical (unpaired) electrons. The molecule has 3 rings (SSSR count). The summed E-state index contributed by atoms with van der Waals surface area (Å²) in [6, 6.07) is 4.60. The quantitative estimate of drug-likeness (QED) is 0.778. The third-order valence-corrected chi connectivity index (χ3v) is 4.50. The zero-order chi connectivity index (χ0) is 17.6. The van der Waals surface area contributed by atoms with Gasteiger partial charge in [-0.15, -0.1) is 0 Å². The second-order valence-electron chi connectivity index (χ2n) is 6.52. The molecule has 0 unspecified atom stereocenters. The van der Waals surface area contributed by atoms with Crippen LogP contribution in [0.1, 0.15) is 39.0 Å². The fourth-order valence-corrected chi connectivity index (χ4v) is 3.14. The van der Waals surface area contributed by atoms with E-state index in [9.17, 15) is 9.59 Å². The van der Waals surface area contributed by atoms with Crippen LogP contribution in [0.3, 0.4) is 0 Å². The average molecular weight is 347 g/mol. The highest BCUT2D eigenvalue weighted by atomic mass is 16.6. The maximum Gasteiger partial charge on any atom is 0.321 e. The largest absolute Gasteiger partial charge is 0.486 e. The lowest BCUT2D eigenvalue weighted by molar-refractivity contribution is -0.120. The molecule has 1 fully saturated rings. The summed E-state index contributed by atoms with van der Waals surface area (Å²) in [5.74, 6) is 0.975. The second kappa shape index (κ2) is 8.09. The summed E-state index contributed by atoms with van der Waals surface area (Å²) in [5, 5.41) is 8.35. The topological polar surface area (TPSA) is 88.7 Å². The SMILES string of the molecule is C[C@@H](Nc1ccc2c(c1)OCCO2)C(=O)NC(=O)NC1CCCCC1. The van der Waals surface area contributed by atoms with E-state index < -0.39 is 12.1 Å². The molecule has 7 heteroatoms. The van der Waals surface area contributed by atoms with Crippen molar-refractivity contribution in [3.05, 3.63) is 18.2 Å². The molecule has 1 aliphatic carbocycles. The number of carbonyl (C=O) groups excluding carboxylic acids is 2. The summed E-state index contributed by atoms with van der Waals surface area (Å²) < 4.78 is 11.0. The Morgan fingerprint density at radius 2 is 1.80 bits per heavy atom. The van der Waals surface area contributed by atoms with Crippen LogP contribution in [0.15, 0.2) is 18.2 Å². The van der Waals surface area contributed by atoms with Crippen molar-refractivity contribution in [3.8, 4) is 11.5 Å². The average Bonchev–Trinajstić information content (AvgIpc) is 2.62. The summed E-state index contributed by atoms with van der Waals surface area (Å²) in [6.45, 7) is 2.75. The fraction of sp³-hybridized carbons (Fsp3) is 0.556. The van der Waals surface area contributed by atoms with Crippen molar-refractivity contribution in [1.82, 2.24) is 10.6 Å². The van der Waals surface area contributed by atoms with E-state index >= 15 is 0 Å². The van der Waals surface area contributed by atoms with Gasteiger partial charge in [0.25, 0.3) is 0 Å². The number of rotatable bonds is 4. The molecule has 0 aromatic heterocycles. The van der Waals surface area contributed by atoms with Gasteiger partial charge in [0, 0.05) is 17.8 Å². The van der Waals surface area contributed by atoms with Crippen molar-refractivity contribution in [2.75, 3.05) is 18.5 Å². The summed E-state index contributed by atoms with van der Waals surface area (Å²) in [4.78, 5) is 24.2. The standard InChI is InChI=1S/C18H25N3O4/c1-12(17(22)21-18(23)20-13-5-3-2-4-6-13)19-14-7-8-15-16(11-14)25-10-9-24-15/h7-8,11-13,19H,2-6,9-10H2,1H3,(H2,20,21,22,23)/t12-/m1/s1. The number of carbonyl (C=O) groups is 2. The lowest BCUT2D eigenvalue weighted by Crippen LogP contribution is -2.49. The van der Waals surface area contributed by atoms with E-state index in [2.05, 4.69) is 16.0 Å². The van der Waals surface area contributed by atoms with Crippen LogP contribution >= 0.6 is 0 Å². The van der Waals surface area contributed by atoms with Crippen LogP contribution < -0.4 is 25.4 Å². The van der Waals surface area contributed by atoms with Crippen molar-refractivity contribution < 1.29 is 19.1 Å². The number of urea groups is 1. The molecule has 2 aliphatic rings.